The van der Waals surface area contributed by atoms with Gasteiger partial charge in [0, 0.05) is 44.0 Å². The summed E-state index contributed by atoms with van der Waals surface area (Å²) in [6.45, 7) is 4.92. The highest BCUT2D eigenvalue weighted by atomic mass is 79.9. The summed E-state index contributed by atoms with van der Waals surface area (Å²) in [5.74, 6) is 0.919. The van der Waals surface area contributed by atoms with Crippen molar-refractivity contribution in [3.05, 3.63) is 87.9 Å². The molecule has 8 heteroatoms. The number of ether oxygens (including phenoxy) is 2. The lowest BCUT2D eigenvalue weighted by molar-refractivity contribution is 0.0955. The van der Waals surface area contributed by atoms with E-state index in [4.69, 9.17) is 9.47 Å². The first-order valence-electron chi connectivity index (χ1n) is 11.4. The van der Waals surface area contributed by atoms with Gasteiger partial charge in [-0.3, -0.25) is 9.69 Å². The van der Waals surface area contributed by atoms with Crippen molar-refractivity contribution >= 4 is 33.7 Å². The van der Waals surface area contributed by atoms with Crippen molar-refractivity contribution in [2.24, 2.45) is 5.10 Å². The topological polar surface area (TPSA) is 66.4 Å². The highest BCUT2D eigenvalue weighted by molar-refractivity contribution is 9.10. The van der Waals surface area contributed by atoms with Crippen LogP contribution < -0.4 is 19.8 Å². The molecule has 1 aliphatic rings. The smallest absolute Gasteiger partial charge is 0.271 e. The Hall–Kier alpha value is -3.36. The van der Waals surface area contributed by atoms with E-state index in [2.05, 4.69) is 60.5 Å². The second-order valence-electron chi connectivity index (χ2n) is 8.23. The molecule has 0 atom stereocenters. The maximum Gasteiger partial charge on any atom is 0.271 e. The van der Waals surface area contributed by atoms with Crippen LogP contribution in [0.4, 0.5) is 5.69 Å². The van der Waals surface area contributed by atoms with Crippen LogP contribution >= 0.6 is 15.9 Å². The minimum absolute atomic E-state index is 0.260. The normalized spacial score (nSPS) is 14.2. The molecule has 35 heavy (non-hydrogen) atoms. The molecule has 4 rings (SSSR count). The van der Waals surface area contributed by atoms with Gasteiger partial charge in [-0.2, -0.15) is 5.10 Å². The summed E-state index contributed by atoms with van der Waals surface area (Å²) in [4.78, 5) is 17.4. The van der Waals surface area contributed by atoms with Gasteiger partial charge in [0.25, 0.3) is 5.91 Å². The van der Waals surface area contributed by atoms with Crippen molar-refractivity contribution in [1.82, 2.24) is 10.3 Å². The molecule has 0 aromatic heterocycles. The fourth-order valence-electron chi connectivity index (χ4n) is 4.07. The number of rotatable bonds is 8. The molecule has 1 heterocycles. The summed E-state index contributed by atoms with van der Waals surface area (Å²) >= 11 is 3.45. The van der Waals surface area contributed by atoms with Crippen LogP contribution in [0, 0.1) is 0 Å². The van der Waals surface area contributed by atoms with Crippen LogP contribution in [0.2, 0.25) is 0 Å². The van der Waals surface area contributed by atoms with Crippen LogP contribution in [-0.4, -0.2) is 57.4 Å². The van der Waals surface area contributed by atoms with Crippen molar-refractivity contribution in [2.75, 3.05) is 45.3 Å². The van der Waals surface area contributed by atoms with E-state index in [0.717, 1.165) is 42.8 Å². The number of carbonyl (C=O) groups excluding carboxylic acids is 1. The summed E-state index contributed by atoms with van der Waals surface area (Å²) in [6.07, 6.45) is 1.56. The van der Waals surface area contributed by atoms with Crippen molar-refractivity contribution in [3.8, 4) is 11.5 Å². The Kier molecular flexibility index (Phi) is 8.39. The van der Waals surface area contributed by atoms with Gasteiger partial charge in [0.05, 0.1) is 24.9 Å². The first kappa shape index (κ1) is 24.8. The standard InChI is InChI=1S/C27H29BrN4O3/c1-34-25-17-21(16-24(28)26(25)35-2)18-29-30-27(33)22-10-8-20(9-11-22)19-31-12-14-32(15-13-31)23-6-4-3-5-7-23/h3-11,16-18H,12-15,19H2,1-2H3,(H,30,33)/b29-18-. The SMILES string of the molecule is COc1cc(/C=N\NC(=O)c2ccc(CN3CCN(c4ccccc4)CC3)cc2)cc(Br)c1OC. The summed E-state index contributed by atoms with van der Waals surface area (Å²) in [5.41, 5.74) is 6.38. The monoisotopic (exact) mass is 536 g/mol. The van der Waals surface area contributed by atoms with Crippen molar-refractivity contribution in [3.63, 3.8) is 0 Å². The van der Waals surface area contributed by atoms with E-state index in [1.165, 1.54) is 11.3 Å². The fraction of sp³-hybridized carbons (Fsp3) is 0.259. The van der Waals surface area contributed by atoms with Gasteiger partial charge in [-0.05, 0) is 63.5 Å². The molecule has 0 saturated carbocycles. The summed E-state index contributed by atoms with van der Waals surface area (Å²) in [6, 6.07) is 21.9. The second-order valence-corrected chi connectivity index (χ2v) is 9.09. The Labute approximate surface area is 214 Å². The molecule has 0 radical (unpaired) electrons. The highest BCUT2D eigenvalue weighted by Gasteiger charge is 2.17. The average Bonchev–Trinajstić information content (AvgIpc) is 2.89. The van der Waals surface area contributed by atoms with E-state index in [1.54, 1.807) is 26.5 Å². The van der Waals surface area contributed by atoms with E-state index in [1.807, 2.05) is 36.4 Å². The Morgan fingerprint density at radius 2 is 1.71 bits per heavy atom. The summed E-state index contributed by atoms with van der Waals surface area (Å²) < 4.78 is 11.4. The van der Waals surface area contributed by atoms with E-state index in [9.17, 15) is 4.79 Å². The quantitative estimate of drug-likeness (QED) is 0.338. The van der Waals surface area contributed by atoms with Crippen molar-refractivity contribution in [2.45, 2.75) is 6.54 Å². The van der Waals surface area contributed by atoms with Crippen molar-refractivity contribution < 1.29 is 14.3 Å². The number of nitrogens with one attached hydrogen (secondary N) is 1. The molecular formula is C27H29BrN4O3. The van der Waals surface area contributed by atoms with E-state index >= 15 is 0 Å². The minimum atomic E-state index is -0.260. The number of amides is 1. The molecule has 1 saturated heterocycles. The molecule has 0 aliphatic carbocycles. The van der Waals surface area contributed by atoms with Gasteiger partial charge >= 0.3 is 0 Å². The zero-order valence-electron chi connectivity index (χ0n) is 19.9. The number of hydrogen-bond donors (Lipinski definition) is 1. The van der Waals surface area contributed by atoms with Gasteiger partial charge in [0.2, 0.25) is 0 Å². The number of hydrazone groups is 1. The largest absolute Gasteiger partial charge is 0.493 e. The molecule has 3 aromatic rings. The maximum absolute atomic E-state index is 12.5. The molecule has 1 aliphatic heterocycles. The molecule has 1 amide bonds. The van der Waals surface area contributed by atoms with Crippen molar-refractivity contribution in [1.29, 1.82) is 0 Å². The molecule has 0 unspecified atom stereocenters. The molecule has 3 aromatic carbocycles. The Balaban J connectivity index is 1.28. The Bertz CT molecular complexity index is 1160. The number of anilines is 1. The molecule has 0 bridgehead atoms. The van der Waals surface area contributed by atoms with Crippen LogP contribution in [-0.2, 0) is 6.54 Å². The van der Waals surface area contributed by atoms with Gasteiger partial charge in [-0.15, -0.1) is 0 Å². The molecule has 182 valence electrons. The molecule has 1 fully saturated rings. The van der Waals surface area contributed by atoms with Gasteiger partial charge in [0.1, 0.15) is 0 Å². The minimum Gasteiger partial charge on any atom is -0.493 e. The number of hydrogen-bond acceptors (Lipinski definition) is 6. The van der Waals surface area contributed by atoms with Crippen LogP contribution in [0.15, 0.2) is 76.3 Å². The Morgan fingerprint density at radius 3 is 2.37 bits per heavy atom. The van der Waals surface area contributed by atoms with Gasteiger partial charge < -0.3 is 14.4 Å². The number of piperazine rings is 1. The zero-order valence-corrected chi connectivity index (χ0v) is 21.5. The molecule has 7 nitrogen and oxygen atoms in total. The predicted molar refractivity (Wildman–Crippen MR) is 143 cm³/mol. The van der Waals surface area contributed by atoms with Crippen LogP contribution in [0.5, 0.6) is 11.5 Å². The van der Waals surface area contributed by atoms with Crippen LogP contribution in [0.1, 0.15) is 21.5 Å². The lowest BCUT2D eigenvalue weighted by Gasteiger charge is -2.36. The number of halogens is 1. The third-order valence-electron chi connectivity index (χ3n) is 5.95. The summed E-state index contributed by atoms with van der Waals surface area (Å²) in [5, 5.41) is 4.08. The van der Waals surface area contributed by atoms with E-state index in [0.29, 0.717) is 17.1 Å². The summed E-state index contributed by atoms with van der Waals surface area (Å²) in [7, 11) is 3.15. The third-order valence-corrected chi connectivity index (χ3v) is 6.54. The maximum atomic E-state index is 12.5. The average molecular weight is 537 g/mol. The number of nitrogens with zero attached hydrogens (tertiary/aromatic N) is 3. The number of carbonyl (C=O) groups is 1. The highest BCUT2D eigenvalue weighted by Crippen LogP contribution is 2.35. The molecular weight excluding hydrogens is 508 g/mol. The first-order valence-corrected chi connectivity index (χ1v) is 12.2. The molecule has 1 N–H and O–H groups in total. The number of benzene rings is 3. The number of para-hydroxylation sites is 1. The van der Waals surface area contributed by atoms with Gasteiger partial charge in [-0.25, -0.2) is 5.43 Å². The zero-order chi connectivity index (χ0) is 24.6. The predicted octanol–water partition coefficient (Wildman–Crippen LogP) is 4.55. The number of methoxy groups -OCH3 is 2. The lowest BCUT2D eigenvalue weighted by atomic mass is 10.1. The lowest BCUT2D eigenvalue weighted by Crippen LogP contribution is -2.45. The third kappa shape index (κ3) is 6.41. The second kappa shape index (κ2) is 11.9. The van der Waals surface area contributed by atoms with E-state index in [-0.39, 0.29) is 5.91 Å². The fourth-order valence-corrected chi connectivity index (χ4v) is 4.69. The first-order chi connectivity index (χ1) is 17.1. The van der Waals surface area contributed by atoms with Crippen LogP contribution in [0.3, 0.4) is 0 Å². The van der Waals surface area contributed by atoms with Gasteiger partial charge in [-0.1, -0.05) is 30.3 Å². The molecule has 0 spiro atoms. The van der Waals surface area contributed by atoms with Gasteiger partial charge in [0.15, 0.2) is 11.5 Å². The Morgan fingerprint density at radius 1 is 1.00 bits per heavy atom. The van der Waals surface area contributed by atoms with Crippen LogP contribution in [0.25, 0.3) is 0 Å². The van der Waals surface area contributed by atoms with E-state index < -0.39 is 0 Å².